The average Bonchev–Trinajstić information content (AvgIpc) is 2.68. The van der Waals surface area contributed by atoms with Crippen LogP contribution in [0.1, 0.15) is 24.9 Å². The Morgan fingerprint density at radius 3 is 2.56 bits per heavy atom. The summed E-state index contributed by atoms with van der Waals surface area (Å²) in [5.74, 6) is 2.60. The molecule has 16 heavy (non-hydrogen) atoms. The molecule has 88 valence electrons. The Morgan fingerprint density at radius 1 is 1.31 bits per heavy atom. The molecule has 1 aromatic carbocycles. The summed E-state index contributed by atoms with van der Waals surface area (Å²) in [4.78, 5) is 0. The maximum absolute atomic E-state index is 9.41. The summed E-state index contributed by atoms with van der Waals surface area (Å²) in [6.45, 7) is 2.05. The molecule has 2 unspecified atom stereocenters. The summed E-state index contributed by atoms with van der Waals surface area (Å²) in [7, 11) is 0. The maximum Gasteiger partial charge on any atom is 0.119 e. The second kappa shape index (κ2) is 4.97. The van der Waals surface area contributed by atoms with E-state index in [-0.39, 0.29) is 17.5 Å². The number of aromatic hydroxyl groups is 2. The van der Waals surface area contributed by atoms with Crippen LogP contribution >= 0.6 is 11.8 Å². The van der Waals surface area contributed by atoms with E-state index in [1.165, 1.54) is 18.2 Å². The maximum atomic E-state index is 9.41. The van der Waals surface area contributed by atoms with E-state index in [0.29, 0.717) is 6.04 Å². The van der Waals surface area contributed by atoms with E-state index < -0.39 is 0 Å². The fourth-order valence-corrected chi connectivity index (χ4v) is 3.15. The quantitative estimate of drug-likeness (QED) is 0.757. The van der Waals surface area contributed by atoms with Crippen molar-refractivity contribution in [2.45, 2.75) is 25.4 Å². The van der Waals surface area contributed by atoms with Crippen LogP contribution in [0.3, 0.4) is 0 Å². The number of rotatable bonds is 3. The molecule has 2 rings (SSSR count). The van der Waals surface area contributed by atoms with Crippen LogP contribution < -0.4 is 5.32 Å². The molecule has 0 radical (unpaired) electrons. The Hall–Kier alpha value is -0.870. The van der Waals surface area contributed by atoms with Crippen molar-refractivity contribution in [3.05, 3.63) is 23.8 Å². The minimum atomic E-state index is 0.115. The molecule has 1 saturated heterocycles. The molecule has 3 N–H and O–H groups in total. The number of phenols is 2. The number of benzene rings is 1. The lowest BCUT2D eigenvalue weighted by Crippen LogP contribution is -2.31. The summed E-state index contributed by atoms with van der Waals surface area (Å²) in [6.07, 6.45) is 1.19. The third-order valence-corrected chi connectivity index (χ3v) is 4.00. The predicted molar refractivity (Wildman–Crippen MR) is 67.1 cm³/mol. The number of thioether (sulfide) groups is 1. The largest absolute Gasteiger partial charge is 0.508 e. The van der Waals surface area contributed by atoms with Crippen molar-refractivity contribution < 1.29 is 10.2 Å². The van der Waals surface area contributed by atoms with Gasteiger partial charge in [-0.2, -0.15) is 11.8 Å². The smallest absolute Gasteiger partial charge is 0.119 e. The normalized spacial score (nSPS) is 22.2. The number of hydrogen-bond acceptors (Lipinski definition) is 4. The molecule has 1 aliphatic rings. The lowest BCUT2D eigenvalue weighted by atomic mass is 10.1. The molecule has 1 aromatic rings. The Balaban J connectivity index is 2.04. The van der Waals surface area contributed by atoms with E-state index in [0.717, 1.165) is 11.3 Å². The van der Waals surface area contributed by atoms with Gasteiger partial charge >= 0.3 is 0 Å². The van der Waals surface area contributed by atoms with Crippen molar-refractivity contribution in [3.63, 3.8) is 0 Å². The summed E-state index contributed by atoms with van der Waals surface area (Å²) < 4.78 is 0. The first-order valence-electron chi connectivity index (χ1n) is 5.52. The van der Waals surface area contributed by atoms with Crippen LogP contribution in [0.2, 0.25) is 0 Å². The van der Waals surface area contributed by atoms with Crippen molar-refractivity contribution in [1.29, 1.82) is 0 Å². The van der Waals surface area contributed by atoms with Crippen LogP contribution in [0.15, 0.2) is 18.2 Å². The van der Waals surface area contributed by atoms with E-state index in [9.17, 15) is 10.2 Å². The van der Waals surface area contributed by atoms with Crippen molar-refractivity contribution in [2.24, 2.45) is 0 Å². The predicted octanol–water partition coefficient (Wildman–Crippen LogP) is 2.25. The number of nitrogens with one attached hydrogen (secondary N) is 1. The molecular weight excluding hydrogens is 222 g/mol. The van der Waals surface area contributed by atoms with Gasteiger partial charge in [0, 0.05) is 23.9 Å². The van der Waals surface area contributed by atoms with Gasteiger partial charge in [-0.1, -0.05) is 0 Å². The molecule has 0 aromatic heterocycles. The topological polar surface area (TPSA) is 52.5 Å². The van der Waals surface area contributed by atoms with Crippen LogP contribution in [0, 0.1) is 0 Å². The molecule has 1 aliphatic heterocycles. The van der Waals surface area contributed by atoms with Gasteiger partial charge < -0.3 is 15.5 Å². The van der Waals surface area contributed by atoms with Crippen LogP contribution in [0.25, 0.3) is 0 Å². The lowest BCUT2D eigenvalue weighted by Gasteiger charge is -2.19. The monoisotopic (exact) mass is 239 g/mol. The van der Waals surface area contributed by atoms with Gasteiger partial charge in [0.05, 0.1) is 0 Å². The molecule has 1 heterocycles. The molecule has 3 nitrogen and oxygen atoms in total. The highest BCUT2D eigenvalue weighted by molar-refractivity contribution is 7.99. The minimum Gasteiger partial charge on any atom is -0.508 e. The zero-order valence-electron chi connectivity index (χ0n) is 9.31. The van der Waals surface area contributed by atoms with Gasteiger partial charge in [-0.25, -0.2) is 0 Å². The van der Waals surface area contributed by atoms with Crippen molar-refractivity contribution in [1.82, 2.24) is 5.32 Å². The molecular formula is C12H17NO2S. The van der Waals surface area contributed by atoms with E-state index in [1.54, 1.807) is 12.1 Å². The highest BCUT2D eigenvalue weighted by Gasteiger charge is 2.18. The molecule has 0 saturated carbocycles. The second-order valence-corrected chi connectivity index (χ2v) is 5.38. The molecule has 2 atom stereocenters. The van der Waals surface area contributed by atoms with Crippen LogP contribution in [0.5, 0.6) is 11.5 Å². The molecule has 0 spiro atoms. The second-order valence-electron chi connectivity index (χ2n) is 4.23. The third-order valence-electron chi connectivity index (χ3n) is 2.84. The van der Waals surface area contributed by atoms with Crippen molar-refractivity contribution >= 4 is 11.8 Å². The minimum absolute atomic E-state index is 0.115. The van der Waals surface area contributed by atoms with Gasteiger partial charge in [0.15, 0.2) is 0 Å². The Bertz CT molecular complexity index is 344. The van der Waals surface area contributed by atoms with Gasteiger partial charge in [0.25, 0.3) is 0 Å². The fraction of sp³-hybridized carbons (Fsp3) is 0.500. The highest BCUT2D eigenvalue weighted by atomic mass is 32.2. The summed E-state index contributed by atoms with van der Waals surface area (Å²) in [5.41, 5.74) is 0.925. The molecule has 0 amide bonds. The Labute approximate surface area is 99.9 Å². The van der Waals surface area contributed by atoms with E-state index in [2.05, 4.69) is 12.2 Å². The van der Waals surface area contributed by atoms with Crippen molar-refractivity contribution in [2.75, 3.05) is 11.5 Å². The summed E-state index contributed by atoms with van der Waals surface area (Å²) in [6, 6.07) is 5.44. The first-order chi connectivity index (χ1) is 7.65. The Kier molecular flexibility index (Phi) is 3.61. The van der Waals surface area contributed by atoms with E-state index in [4.69, 9.17) is 0 Å². The van der Waals surface area contributed by atoms with Crippen LogP contribution in [0.4, 0.5) is 0 Å². The first-order valence-corrected chi connectivity index (χ1v) is 6.67. The van der Waals surface area contributed by atoms with Crippen LogP contribution in [-0.4, -0.2) is 27.8 Å². The van der Waals surface area contributed by atoms with Gasteiger partial charge in [-0.3, -0.25) is 0 Å². The molecule has 0 aliphatic carbocycles. The zero-order chi connectivity index (χ0) is 11.5. The molecule has 0 bridgehead atoms. The summed E-state index contributed by atoms with van der Waals surface area (Å²) >= 11 is 1.96. The van der Waals surface area contributed by atoms with Crippen LogP contribution in [-0.2, 0) is 0 Å². The van der Waals surface area contributed by atoms with E-state index >= 15 is 0 Å². The average molecular weight is 239 g/mol. The van der Waals surface area contributed by atoms with E-state index in [1.807, 2.05) is 11.8 Å². The molecule has 4 heteroatoms. The van der Waals surface area contributed by atoms with Crippen molar-refractivity contribution in [3.8, 4) is 11.5 Å². The van der Waals surface area contributed by atoms with Gasteiger partial charge in [-0.05, 0) is 36.8 Å². The van der Waals surface area contributed by atoms with Gasteiger partial charge in [0.2, 0.25) is 0 Å². The number of phenolic OH excluding ortho intramolecular Hbond substituents is 2. The standard InChI is InChI=1S/C12H17NO2S/c1-8(13-10-2-3-16-7-10)9-4-11(14)6-12(15)5-9/h4-6,8,10,13-15H,2-3,7H2,1H3. The first kappa shape index (κ1) is 11.6. The zero-order valence-corrected chi connectivity index (χ0v) is 10.1. The van der Waals surface area contributed by atoms with Gasteiger partial charge in [-0.15, -0.1) is 0 Å². The highest BCUT2D eigenvalue weighted by Crippen LogP contribution is 2.26. The number of hydrogen-bond donors (Lipinski definition) is 3. The SMILES string of the molecule is CC(NC1CCSC1)c1cc(O)cc(O)c1. The lowest BCUT2D eigenvalue weighted by molar-refractivity contribution is 0.441. The fourth-order valence-electron chi connectivity index (χ4n) is 1.98. The summed E-state index contributed by atoms with van der Waals surface area (Å²) in [5, 5.41) is 22.3. The molecule has 1 fully saturated rings. The van der Waals surface area contributed by atoms with Gasteiger partial charge in [0.1, 0.15) is 11.5 Å². The third kappa shape index (κ3) is 2.83. The Morgan fingerprint density at radius 2 is 2.00 bits per heavy atom.